The zero-order valence-corrected chi connectivity index (χ0v) is 21.7. The van der Waals surface area contributed by atoms with Crippen molar-refractivity contribution in [3.63, 3.8) is 0 Å². The lowest BCUT2D eigenvalue weighted by Crippen LogP contribution is -2.27. The van der Waals surface area contributed by atoms with Crippen LogP contribution in [-0.2, 0) is 16.1 Å². The van der Waals surface area contributed by atoms with Crippen molar-refractivity contribution in [2.75, 3.05) is 25.3 Å². The number of carbonyl (C=O) groups is 1. The number of carbonyl (C=O) groups excluding carboxylic acids is 1. The number of thioether (sulfide) groups is 1. The molecule has 1 atom stereocenters. The van der Waals surface area contributed by atoms with Crippen molar-refractivity contribution >= 4 is 51.7 Å². The molecule has 0 unspecified atom stereocenters. The number of aryl methyl sites for hydroxylation is 1. The van der Waals surface area contributed by atoms with Crippen molar-refractivity contribution < 1.29 is 19.0 Å². The smallest absolute Gasteiger partial charge is 0.267 e. The number of hydrogen-bond donors (Lipinski definition) is 1. The molecule has 5 heterocycles. The van der Waals surface area contributed by atoms with Crippen LogP contribution in [0.25, 0.3) is 11.7 Å². The molecule has 2 fully saturated rings. The lowest BCUT2D eigenvalue weighted by molar-refractivity contribution is -0.122. The van der Waals surface area contributed by atoms with Crippen molar-refractivity contribution in [3.8, 4) is 11.5 Å². The Kier molecular flexibility index (Phi) is 6.35. The summed E-state index contributed by atoms with van der Waals surface area (Å²) in [6, 6.07) is 9.26. The Balaban J connectivity index is 1.33. The lowest BCUT2D eigenvalue weighted by atomic mass is 10.2. The molecule has 3 aliphatic heterocycles. The zero-order chi connectivity index (χ0) is 25.5. The van der Waals surface area contributed by atoms with E-state index >= 15 is 0 Å². The van der Waals surface area contributed by atoms with Gasteiger partial charge in [-0.1, -0.05) is 36.1 Å². The normalized spacial score (nSPS) is 20.0. The van der Waals surface area contributed by atoms with Gasteiger partial charge in [-0.05, 0) is 55.2 Å². The molecule has 2 aromatic heterocycles. The lowest BCUT2D eigenvalue weighted by Gasteiger charge is -2.15. The first-order chi connectivity index (χ1) is 18.0. The molecule has 0 saturated carbocycles. The number of benzene rings is 1. The van der Waals surface area contributed by atoms with E-state index in [1.807, 2.05) is 37.3 Å². The third kappa shape index (κ3) is 4.70. The van der Waals surface area contributed by atoms with E-state index in [2.05, 4.69) is 5.32 Å². The number of amides is 1. The largest absolute Gasteiger partial charge is 0.454 e. The molecule has 0 radical (unpaired) electrons. The zero-order valence-electron chi connectivity index (χ0n) is 20.1. The van der Waals surface area contributed by atoms with Gasteiger partial charge in [0.05, 0.1) is 23.1 Å². The molecule has 9 nitrogen and oxygen atoms in total. The second kappa shape index (κ2) is 9.81. The Morgan fingerprint density at radius 2 is 2.08 bits per heavy atom. The monoisotopic (exact) mass is 536 g/mol. The van der Waals surface area contributed by atoms with Gasteiger partial charge in [0.1, 0.15) is 15.8 Å². The maximum Gasteiger partial charge on any atom is 0.267 e. The second-order valence-electron chi connectivity index (χ2n) is 9.09. The molecule has 6 rings (SSSR count). The van der Waals surface area contributed by atoms with Gasteiger partial charge in [0.25, 0.3) is 11.5 Å². The average Bonchev–Trinajstić information content (AvgIpc) is 3.63. The molecule has 37 heavy (non-hydrogen) atoms. The van der Waals surface area contributed by atoms with E-state index in [-0.39, 0.29) is 30.9 Å². The van der Waals surface area contributed by atoms with E-state index in [0.29, 0.717) is 44.3 Å². The highest BCUT2D eigenvalue weighted by atomic mass is 32.2. The predicted molar refractivity (Wildman–Crippen MR) is 145 cm³/mol. The van der Waals surface area contributed by atoms with Crippen LogP contribution in [0.2, 0.25) is 0 Å². The van der Waals surface area contributed by atoms with Crippen LogP contribution >= 0.6 is 24.0 Å². The van der Waals surface area contributed by atoms with Gasteiger partial charge in [0.15, 0.2) is 11.5 Å². The quantitative estimate of drug-likeness (QED) is 0.374. The van der Waals surface area contributed by atoms with Crippen molar-refractivity contribution in [2.24, 2.45) is 0 Å². The summed E-state index contributed by atoms with van der Waals surface area (Å²) in [6.07, 6.45) is 5.37. The standard InChI is InChI=1S/C26H24N4O5S2/c1-15-4-7-22-28-23(27-11-17-3-2-8-33-17)18(24(31)29(22)12-15)10-21-25(32)30(26(36)37-21)13-16-5-6-19-20(9-16)35-14-34-19/h4-7,9-10,12,17,27H,2-3,8,11,13-14H2,1H3/b21-10-/t17-/m0/s1. The molecule has 3 aliphatic rings. The fourth-order valence-electron chi connectivity index (χ4n) is 4.53. The van der Waals surface area contributed by atoms with Crippen LogP contribution < -0.4 is 20.3 Å². The molecule has 0 bridgehead atoms. The molecule has 190 valence electrons. The van der Waals surface area contributed by atoms with Crippen molar-refractivity contribution in [2.45, 2.75) is 32.4 Å². The number of pyridine rings is 1. The Morgan fingerprint density at radius 3 is 2.92 bits per heavy atom. The Hall–Kier alpha value is -3.41. The first-order valence-corrected chi connectivity index (χ1v) is 13.2. The number of rotatable bonds is 6. The van der Waals surface area contributed by atoms with Crippen molar-refractivity contribution in [1.29, 1.82) is 0 Å². The van der Waals surface area contributed by atoms with Crippen LogP contribution in [0.1, 0.15) is 29.5 Å². The number of nitrogens with one attached hydrogen (secondary N) is 1. The van der Waals surface area contributed by atoms with Gasteiger partial charge < -0.3 is 19.5 Å². The number of fused-ring (bicyclic) bond motifs is 2. The maximum atomic E-state index is 13.6. The summed E-state index contributed by atoms with van der Waals surface area (Å²) >= 11 is 6.71. The van der Waals surface area contributed by atoms with Crippen LogP contribution in [0, 0.1) is 6.92 Å². The minimum Gasteiger partial charge on any atom is -0.454 e. The van der Waals surface area contributed by atoms with Crippen LogP contribution in [-0.4, -0.2) is 50.6 Å². The number of anilines is 1. The summed E-state index contributed by atoms with van der Waals surface area (Å²) in [7, 11) is 0. The number of thiocarbonyl (C=S) groups is 1. The minimum atomic E-state index is -0.260. The summed E-state index contributed by atoms with van der Waals surface area (Å²) in [5.41, 5.74) is 2.37. The average molecular weight is 537 g/mol. The van der Waals surface area contributed by atoms with E-state index in [0.717, 1.165) is 30.6 Å². The van der Waals surface area contributed by atoms with E-state index in [4.69, 9.17) is 31.4 Å². The maximum absolute atomic E-state index is 13.6. The van der Waals surface area contributed by atoms with Gasteiger partial charge in [0.2, 0.25) is 6.79 Å². The molecule has 2 saturated heterocycles. The third-order valence-electron chi connectivity index (χ3n) is 6.45. The Bertz CT molecular complexity index is 1510. The Morgan fingerprint density at radius 1 is 1.22 bits per heavy atom. The van der Waals surface area contributed by atoms with Crippen molar-refractivity contribution in [3.05, 3.63) is 68.5 Å². The minimum absolute atomic E-state index is 0.0611. The summed E-state index contributed by atoms with van der Waals surface area (Å²) in [5.74, 6) is 1.49. The summed E-state index contributed by atoms with van der Waals surface area (Å²) in [5, 5.41) is 3.29. The van der Waals surface area contributed by atoms with E-state index in [1.165, 1.54) is 21.1 Å². The SMILES string of the molecule is Cc1ccc2nc(NC[C@@H]3CCCO3)c(/C=C3\SC(=S)N(Cc4ccc5c(c4)OCO5)C3=O)c(=O)n2c1. The molecule has 3 aromatic rings. The predicted octanol–water partition coefficient (Wildman–Crippen LogP) is 3.72. The molecular weight excluding hydrogens is 512 g/mol. The number of aromatic nitrogens is 2. The number of nitrogens with zero attached hydrogens (tertiary/aromatic N) is 3. The fourth-order valence-corrected chi connectivity index (χ4v) is 5.77. The summed E-state index contributed by atoms with van der Waals surface area (Å²) < 4.78 is 18.5. The Labute approximate surface area is 222 Å². The second-order valence-corrected chi connectivity index (χ2v) is 10.8. The van der Waals surface area contributed by atoms with Crippen LogP contribution in [0.5, 0.6) is 11.5 Å². The van der Waals surface area contributed by atoms with Gasteiger partial charge in [0, 0.05) is 19.3 Å². The van der Waals surface area contributed by atoms with Crippen LogP contribution in [0.15, 0.2) is 46.2 Å². The molecule has 1 amide bonds. The van der Waals surface area contributed by atoms with Gasteiger partial charge in [-0.2, -0.15) is 0 Å². The highest BCUT2D eigenvalue weighted by molar-refractivity contribution is 8.26. The highest BCUT2D eigenvalue weighted by Gasteiger charge is 2.33. The molecule has 11 heteroatoms. The van der Waals surface area contributed by atoms with E-state index in [1.54, 1.807) is 12.3 Å². The van der Waals surface area contributed by atoms with Gasteiger partial charge in [-0.15, -0.1) is 0 Å². The van der Waals surface area contributed by atoms with Crippen LogP contribution in [0.4, 0.5) is 5.82 Å². The first kappa shape index (κ1) is 24.0. The summed E-state index contributed by atoms with van der Waals surface area (Å²) in [4.78, 5) is 33.6. The van der Waals surface area contributed by atoms with E-state index < -0.39 is 0 Å². The first-order valence-electron chi connectivity index (χ1n) is 12.0. The van der Waals surface area contributed by atoms with Gasteiger partial charge in [-0.25, -0.2) is 4.98 Å². The van der Waals surface area contributed by atoms with E-state index in [9.17, 15) is 9.59 Å². The molecule has 0 spiro atoms. The third-order valence-corrected chi connectivity index (χ3v) is 7.83. The van der Waals surface area contributed by atoms with Gasteiger partial charge in [-0.3, -0.25) is 18.9 Å². The fraction of sp³-hybridized carbons (Fsp3) is 0.308. The highest BCUT2D eigenvalue weighted by Crippen LogP contribution is 2.36. The topological polar surface area (TPSA) is 94.4 Å². The van der Waals surface area contributed by atoms with Crippen LogP contribution in [0.3, 0.4) is 0 Å². The molecule has 1 N–H and O–H groups in total. The molecule has 1 aromatic carbocycles. The molecule has 0 aliphatic carbocycles. The number of ether oxygens (including phenoxy) is 3. The summed E-state index contributed by atoms with van der Waals surface area (Å²) in [6.45, 7) is 3.65. The molecular formula is C26H24N4O5S2. The van der Waals surface area contributed by atoms with Crippen molar-refractivity contribution in [1.82, 2.24) is 14.3 Å². The van der Waals surface area contributed by atoms with Gasteiger partial charge >= 0.3 is 0 Å². The number of hydrogen-bond acceptors (Lipinski definition) is 9.